The van der Waals surface area contributed by atoms with Crippen LogP contribution in [-0.2, 0) is 4.74 Å². The fourth-order valence-corrected chi connectivity index (χ4v) is 13.2. The SMILES string of the molecule is CC.CCCCC/C=C\C/C=C\CCCCCCCCCCC(CCC)CCCOC1CCC2(C)C(=CCC3C2CCC2(C)C(C(C)CCCC(C)C)CCCC32)C1. The number of hydrogen-bond donors (Lipinski definition) is 0. The van der Waals surface area contributed by atoms with Gasteiger partial charge in [-0.05, 0) is 149 Å². The molecule has 0 saturated heterocycles. The number of hydrogen-bond acceptors (Lipinski definition) is 1. The molecule has 4 aliphatic rings. The van der Waals surface area contributed by atoms with Gasteiger partial charge in [-0.2, -0.15) is 0 Å². The van der Waals surface area contributed by atoms with Crippen molar-refractivity contribution in [1.29, 1.82) is 0 Å². The number of rotatable bonds is 29. The normalized spacial score (nSPS) is 29.4. The maximum absolute atomic E-state index is 6.73. The van der Waals surface area contributed by atoms with E-state index in [0.29, 0.717) is 16.9 Å². The average molecular weight is 805 g/mol. The third-order valence-electron chi connectivity index (χ3n) is 16.6. The van der Waals surface area contributed by atoms with Gasteiger partial charge in [-0.1, -0.05) is 201 Å². The smallest absolute Gasteiger partial charge is 0.0612 e. The molecule has 1 nitrogen and oxygen atoms in total. The molecule has 0 aliphatic heterocycles. The zero-order valence-corrected chi connectivity index (χ0v) is 41.0. The average Bonchev–Trinajstić information content (AvgIpc) is 3.21. The first-order chi connectivity index (χ1) is 28.2. The van der Waals surface area contributed by atoms with Crippen molar-refractivity contribution in [2.75, 3.05) is 6.61 Å². The van der Waals surface area contributed by atoms with Crippen molar-refractivity contribution in [2.24, 2.45) is 52.3 Å². The molecular weight excluding hydrogens is 701 g/mol. The van der Waals surface area contributed by atoms with E-state index in [1.165, 1.54) is 193 Å². The molecule has 3 fully saturated rings. The van der Waals surface area contributed by atoms with Crippen LogP contribution in [0.1, 0.15) is 261 Å². The van der Waals surface area contributed by atoms with Crippen molar-refractivity contribution in [2.45, 2.75) is 267 Å². The van der Waals surface area contributed by atoms with Crippen LogP contribution in [0.2, 0.25) is 0 Å². The van der Waals surface area contributed by atoms with E-state index in [0.717, 1.165) is 54.5 Å². The minimum Gasteiger partial charge on any atom is -0.378 e. The van der Waals surface area contributed by atoms with Gasteiger partial charge in [-0.15, -0.1) is 0 Å². The molecule has 0 bridgehead atoms. The zero-order valence-electron chi connectivity index (χ0n) is 41.0. The van der Waals surface area contributed by atoms with Crippen LogP contribution >= 0.6 is 0 Å². The van der Waals surface area contributed by atoms with Gasteiger partial charge in [-0.3, -0.25) is 0 Å². The molecule has 0 aromatic rings. The molecule has 0 heterocycles. The summed E-state index contributed by atoms with van der Waals surface area (Å²) in [5, 5.41) is 0. The lowest BCUT2D eigenvalue weighted by molar-refractivity contribution is -0.111. The monoisotopic (exact) mass is 805 g/mol. The summed E-state index contributed by atoms with van der Waals surface area (Å²) in [6.07, 6.45) is 55.8. The Morgan fingerprint density at radius 2 is 1.33 bits per heavy atom. The zero-order chi connectivity index (χ0) is 42.1. The Kier molecular flexibility index (Phi) is 26.2. The van der Waals surface area contributed by atoms with Crippen LogP contribution in [0.5, 0.6) is 0 Å². The lowest BCUT2D eigenvalue weighted by Crippen LogP contribution is -2.54. The first kappa shape index (κ1) is 51.5. The summed E-state index contributed by atoms with van der Waals surface area (Å²) >= 11 is 0. The molecule has 0 amide bonds. The van der Waals surface area contributed by atoms with Crippen molar-refractivity contribution < 1.29 is 4.74 Å². The summed E-state index contributed by atoms with van der Waals surface area (Å²) in [6, 6.07) is 0. The molecule has 4 rings (SSSR count). The van der Waals surface area contributed by atoms with E-state index in [2.05, 4.69) is 78.8 Å². The van der Waals surface area contributed by atoms with E-state index < -0.39 is 0 Å². The highest BCUT2D eigenvalue weighted by atomic mass is 16.5. The fourth-order valence-electron chi connectivity index (χ4n) is 13.2. The molecule has 58 heavy (non-hydrogen) atoms. The molecule has 1 heteroatoms. The Bertz CT molecular complexity index is 1110. The minimum atomic E-state index is 0.439. The third kappa shape index (κ3) is 16.8. The molecule has 9 atom stereocenters. The largest absolute Gasteiger partial charge is 0.378 e. The molecule has 0 aromatic carbocycles. The van der Waals surface area contributed by atoms with Gasteiger partial charge in [0.25, 0.3) is 0 Å². The molecular formula is C57H104O. The Morgan fingerprint density at radius 1 is 0.655 bits per heavy atom. The van der Waals surface area contributed by atoms with E-state index in [4.69, 9.17) is 4.74 Å². The van der Waals surface area contributed by atoms with Crippen LogP contribution in [0, 0.1) is 52.3 Å². The van der Waals surface area contributed by atoms with E-state index >= 15 is 0 Å². The predicted molar refractivity (Wildman–Crippen MR) is 260 cm³/mol. The second-order valence-electron chi connectivity index (χ2n) is 21.3. The summed E-state index contributed by atoms with van der Waals surface area (Å²) in [5.41, 5.74) is 2.83. The molecule has 3 saturated carbocycles. The predicted octanol–water partition coefficient (Wildman–Crippen LogP) is 19.0. The Morgan fingerprint density at radius 3 is 2.02 bits per heavy atom. The van der Waals surface area contributed by atoms with E-state index in [9.17, 15) is 0 Å². The molecule has 0 aromatic heterocycles. The Labute approximate surface area is 365 Å². The van der Waals surface area contributed by atoms with Crippen LogP contribution in [0.15, 0.2) is 36.0 Å². The highest BCUT2D eigenvalue weighted by Crippen LogP contribution is 2.66. The summed E-state index contributed by atoms with van der Waals surface area (Å²) in [6.45, 7) is 22.6. The van der Waals surface area contributed by atoms with Crippen LogP contribution in [0.25, 0.3) is 0 Å². The topological polar surface area (TPSA) is 9.23 Å². The van der Waals surface area contributed by atoms with Crippen LogP contribution < -0.4 is 0 Å². The summed E-state index contributed by atoms with van der Waals surface area (Å²) in [5.74, 6) is 6.43. The fraction of sp³-hybridized carbons (Fsp3) is 0.895. The van der Waals surface area contributed by atoms with Gasteiger partial charge >= 0.3 is 0 Å². The highest BCUT2D eigenvalue weighted by molar-refractivity contribution is 5.25. The number of allylic oxidation sites excluding steroid dienone is 5. The summed E-state index contributed by atoms with van der Waals surface area (Å²) in [4.78, 5) is 0. The first-order valence-electron chi connectivity index (χ1n) is 26.8. The maximum Gasteiger partial charge on any atom is 0.0612 e. The molecule has 4 aliphatic carbocycles. The van der Waals surface area contributed by atoms with Crippen LogP contribution in [0.4, 0.5) is 0 Å². The number of ether oxygens (including phenoxy) is 1. The lowest BCUT2D eigenvalue weighted by Gasteiger charge is -2.62. The Hall–Kier alpha value is -0.820. The Balaban J connectivity index is 0.00000443. The maximum atomic E-state index is 6.73. The highest BCUT2D eigenvalue weighted by Gasteiger charge is 2.57. The van der Waals surface area contributed by atoms with Crippen molar-refractivity contribution in [1.82, 2.24) is 0 Å². The molecule has 0 spiro atoms. The van der Waals surface area contributed by atoms with Crippen molar-refractivity contribution in [3.05, 3.63) is 36.0 Å². The number of fused-ring (bicyclic) bond motifs is 5. The van der Waals surface area contributed by atoms with Crippen LogP contribution in [0.3, 0.4) is 0 Å². The van der Waals surface area contributed by atoms with Gasteiger partial charge in [0.15, 0.2) is 0 Å². The van der Waals surface area contributed by atoms with E-state index in [1.807, 2.05) is 13.8 Å². The quantitative estimate of drug-likeness (QED) is 0.0541. The first-order valence-corrected chi connectivity index (χ1v) is 26.8. The number of unbranched alkanes of at least 4 members (excludes halogenated alkanes) is 11. The minimum absolute atomic E-state index is 0.439. The second kappa shape index (κ2) is 29.5. The van der Waals surface area contributed by atoms with Crippen LogP contribution in [-0.4, -0.2) is 12.7 Å². The van der Waals surface area contributed by atoms with Crippen molar-refractivity contribution >= 4 is 0 Å². The van der Waals surface area contributed by atoms with Crippen molar-refractivity contribution in [3.8, 4) is 0 Å². The van der Waals surface area contributed by atoms with E-state index in [1.54, 1.807) is 5.57 Å². The van der Waals surface area contributed by atoms with Gasteiger partial charge in [0.1, 0.15) is 0 Å². The van der Waals surface area contributed by atoms with Gasteiger partial charge in [0.05, 0.1) is 6.10 Å². The van der Waals surface area contributed by atoms with Gasteiger partial charge in [-0.25, -0.2) is 0 Å². The van der Waals surface area contributed by atoms with E-state index in [-0.39, 0.29) is 0 Å². The van der Waals surface area contributed by atoms with Crippen molar-refractivity contribution in [3.63, 3.8) is 0 Å². The molecule has 0 N–H and O–H groups in total. The summed E-state index contributed by atoms with van der Waals surface area (Å²) < 4.78 is 6.73. The lowest BCUT2D eigenvalue weighted by atomic mass is 9.42. The molecule has 338 valence electrons. The second-order valence-corrected chi connectivity index (χ2v) is 21.3. The van der Waals surface area contributed by atoms with Gasteiger partial charge in [0, 0.05) is 6.61 Å². The van der Waals surface area contributed by atoms with Gasteiger partial charge < -0.3 is 4.74 Å². The molecule has 9 unspecified atom stereocenters. The third-order valence-corrected chi connectivity index (χ3v) is 16.6. The molecule has 0 radical (unpaired) electrons. The standard InChI is InChI=1S/C55H98O.C2H6/c1-8-10-11-12-13-14-15-16-17-18-19-20-21-22-23-24-25-26-33-47(30-9-2)34-29-43-56-49-39-41-54(6)48(44-49)37-38-50-52-36-28-35-51(46(5)32-27-31-45(3)4)55(52,7)42-40-53(50)54;1-2/h13-14,16-17,37,45-47,49-53H,8-12,15,18-36,38-44H2,1-7H3;1-2H3/b14-13-,17-16-;. The van der Waals surface area contributed by atoms with Gasteiger partial charge in [0.2, 0.25) is 0 Å². The summed E-state index contributed by atoms with van der Waals surface area (Å²) in [7, 11) is 0.